The minimum Gasteiger partial charge on any atom is -0.307 e. The molecular weight excluding hydrogens is 337 g/mol. The van der Waals surface area contributed by atoms with Gasteiger partial charge in [0.15, 0.2) is 0 Å². The Kier molecular flexibility index (Phi) is 4.58. The maximum Gasteiger partial charge on any atom is 0.251 e. The molecule has 0 bridgehead atoms. The molecule has 112 valence electrons. The molecular formula is C15H17BrFN3O. The first-order valence-corrected chi connectivity index (χ1v) is 7.34. The highest BCUT2D eigenvalue weighted by Gasteiger charge is 2.11. The number of hydrogen-bond donors (Lipinski definition) is 2. The average Bonchev–Trinajstić information content (AvgIpc) is 2.34. The van der Waals surface area contributed by atoms with Crippen molar-refractivity contribution in [2.24, 2.45) is 0 Å². The van der Waals surface area contributed by atoms with Gasteiger partial charge >= 0.3 is 0 Å². The molecule has 2 rings (SSSR count). The molecule has 0 unspecified atom stereocenters. The van der Waals surface area contributed by atoms with Gasteiger partial charge in [-0.25, -0.2) is 9.37 Å². The second kappa shape index (κ2) is 6.07. The average molecular weight is 354 g/mol. The van der Waals surface area contributed by atoms with Crippen LogP contribution in [-0.2, 0) is 6.54 Å². The van der Waals surface area contributed by atoms with E-state index >= 15 is 0 Å². The van der Waals surface area contributed by atoms with E-state index in [0.29, 0.717) is 28.1 Å². The Morgan fingerprint density at radius 3 is 2.62 bits per heavy atom. The Morgan fingerprint density at radius 1 is 1.29 bits per heavy atom. The Balaban J connectivity index is 2.36. The molecule has 1 aromatic carbocycles. The quantitative estimate of drug-likeness (QED) is 0.890. The van der Waals surface area contributed by atoms with Crippen molar-refractivity contribution in [3.05, 3.63) is 50.6 Å². The van der Waals surface area contributed by atoms with Gasteiger partial charge in [-0.1, -0.05) is 15.9 Å². The van der Waals surface area contributed by atoms with Gasteiger partial charge in [0, 0.05) is 28.2 Å². The van der Waals surface area contributed by atoms with Gasteiger partial charge in [-0.05, 0) is 39.0 Å². The molecule has 0 radical (unpaired) electrons. The smallest absolute Gasteiger partial charge is 0.251 e. The van der Waals surface area contributed by atoms with Crippen LogP contribution >= 0.6 is 15.9 Å². The van der Waals surface area contributed by atoms with Gasteiger partial charge in [0.05, 0.1) is 5.69 Å². The third-order valence-corrected chi connectivity index (χ3v) is 3.19. The second-order valence-corrected chi connectivity index (χ2v) is 6.76. The zero-order valence-corrected chi connectivity index (χ0v) is 13.7. The standard InChI is InChI=1S/C15H17BrFN3O/c1-15(2,3)18-8-12-7-13(21)20-14(19-12)9-4-10(16)6-11(17)5-9/h4-7,18H,8H2,1-3H3,(H,19,20,21). The minimum absolute atomic E-state index is 0.0771. The molecule has 0 aliphatic heterocycles. The molecule has 0 fully saturated rings. The van der Waals surface area contributed by atoms with Crippen LogP contribution in [0.15, 0.2) is 33.5 Å². The van der Waals surface area contributed by atoms with Crippen molar-refractivity contribution in [3.8, 4) is 11.4 Å². The normalized spacial score (nSPS) is 11.7. The van der Waals surface area contributed by atoms with E-state index in [1.807, 2.05) is 20.8 Å². The van der Waals surface area contributed by atoms with Crippen LogP contribution in [0.5, 0.6) is 0 Å². The number of aromatic amines is 1. The largest absolute Gasteiger partial charge is 0.307 e. The molecule has 0 aliphatic carbocycles. The van der Waals surface area contributed by atoms with Gasteiger partial charge in [0.25, 0.3) is 5.56 Å². The highest BCUT2D eigenvalue weighted by molar-refractivity contribution is 9.10. The number of H-pyrrole nitrogens is 1. The summed E-state index contributed by atoms with van der Waals surface area (Å²) in [6.07, 6.45) is 0. The van der Waals surface area contributed by atoms with Gasteiger partial charge < -0.3 is 10.3 Å². The molecule has 0 aliphatic rings. The summed E-state index contributed by atoms with van der Waals surface area (Å²) < 4.78 is 14.1. The van der Waals surface area contributed by atoms with E-state index < -0.39 is 0 Å². The maximum atomic E-state index is 13.5. The predicted molar refractivity (Wildman–Crippen MR) is 84.5 cm³/mol. The lowest BCUT2D eigenvalue weighted by Gasteiger charge is -2.20. The molecule has 0 saturated heterocycles. The number of rotatable bonds is 3. The molecule has 2 aromatic rings. The van der Waals surface area contributed by atoms with Crippen LogP contribution in [0.2, 0.25) is 0 Å². The minimum atomic E-state index is -0.389. The van der Waals surface area contributed by atoms with Gasteiger partial charge in [-0.3, -0.25) is 4.79 Å². The van der Waals surface area contributed by atoms with Crippen LogP contribution < -0.4 is 10.9 Å². The second-order valence-electron chi connectivity index (χ2n) is 5.85. The van der Waals surface area contributed by atoms with Gasteiger partial charge in [0.1, 0.15) is 11.6 Å². The van der Waals surface area contributed by atoms with Crippen molar-refractivity contribution in [3.63, 3.8) is 0 Å². The number of aromatic nitrogens is 2. The Hall–Kier alpha value is -1.53. The summed E-state index contributed by atoms with van der Waals surface area (Å²) >= 11 is 3.23. The first-order valence-electron chi connectivity index (χ1n) is 6.55. The van der Waals surface area contributed by atoms with Crippen LogP contribution in [0.4, 0.5) is 4.39 Å². The lowest BCUT2D eigenvalue weighted by Crippen LogP contribution is -2.35. The monoisotopic (exact) mass is 353 g/mol. The Labute approximate surface area is 130 Å². The summed E-state index contributed by atoms with van der Waals surface area (Å²) in [6, 6.07) is 5.84. The summed E-state index contributed by atoms with van der Waals surface area (Å²) in [5.74, 6) is -0.0337. The summed E-state index contributed by atoms with van der Waals surface area (Å²) in [5, 5.41) is 3.27. The Morgan fingerprint density at radius 2 is 2.00 bits per heavy atom. The molecule has 21 heavy (non-hydrogen) atoms. The molecule has 0 saturated carbocycles. The first-order chi connectivity index (χ1) is 9.73. The fraction of sp³-hybridized carbons (Fsp3) is 0.333. The fourth-order valence-corrected chi connectivity index (χ4v) is 2.25. The SMILES string of the molecule is CC(C)(C)NCc1cc(=O)[nH]c(-c2cc(F)cc(Br)c2)n1. The summed E-state index contributed by atoms with van der Waals surface area (Å²) in [7, 11) is 0. The third-order valence-electron chi connectivity index (χ3n) is 2.73. The van der Waals surface area contributed by atoms with E-state index in [9.17, 15) is 9.18 Å². The molecule has 6 heteroatoms. The van der Waals surface area contributed by atoms with Crippen LogP contribution in [-0.4, -0.2) is 15.5 Å². The highest BCUT2D eigenvalue weighted by Crippen LogP contribution is 2.21. The topological polar surface area (TPSA) is 57.8 Å². The van der Waals surface area contributed by atoms with Crippen LogP contribution in [0.25, 0.3) is 11.4 Å². The van der Waals surface area contributed by atoms with E-state index in [1.165, 1.54) is 18.2 Å². The third kappa shape index (κ3) is 4.75. The molecule has 0 atom stereocenters. The van der Waals surface area contributed by atoms with E-state index in [-0.39, 0.29) is 16.9 Å². The molecule has 2 N–H and O–H groups in total. The van der Waals surface area contributed by atoms with Crippen molar-refractivity contribution in [1.29, 1.82) is 0 Å². The van der Waals surface area contributed by atoms with Crippen LogP contribution in [0.3, 0.4) is 0 Å². The predicted octanol–water partition coefficient (Wildman–Crippen LogP) is 3.23. The fourth-order valence-electron chi connectivity index (χ4n) is 1.78. The van der Waals surface area contributed by atoms with Crippen molar-refractivity contribution in [2.45, 2.75) is 32.9 Å². The van der Waals surface area contributed by atoms with Gasteiger partial charge in [-0.15, -0.1) is 0 Å². The van der Waals surface area contributed by atoms with Crippen LogP contribution in [0.1, 0.15) is 26.5 Å². The zero-order chi connectivity index (χ0) is 15.6. The van der Waals surface area contributed by atoms with Crippen LogP contribution in [0, 0.1) is 5.82 Å². The number of nitrogens with one attached hydrogen (secondary N) is 2. The maximum absolute atomic E-state index is 13.5. The molecule has 0 spiro atoms. The number of nitrogens with zero attached hydrogens (tertiary/aromatic N) is 1. The van der Waals surface area contributed by atoms with Gasteiger partial charge in [-0.2, -0.15) is 0 Å². The lowest BCUT2D eigenvalue weighted by atomic mass is 10.1. The molecule has 0 amide bonds. The molecule has 4 nitrogen and oxygen atoms in total. The van der Waals surface area contributed by atoms with Crippen molar-refractivity contribution in [2.75, 3.05) is 0 Å². The molecule has 1 aromatic heterocycles. The van der Waals surface area contributed by atoms with Crippen molar-refractivity contribution >= 4 is 15.9 Å². The zero-order valence-electron chi connectivity index (χ0n) is 12.1. The van der Waals surface area contributed by atoms with Gasteiger partial charge in [0.2, 0.25) is 0 Å². The van der Waals surface area contributed by atoms with E-state index in [2.05, 4.69) is 31.2 Å². The first kappa shape index (κ1) is 15.9. The highest BCUT2D eigenvalue weighted by atomic mass is 79.9. The van der Waals surface area contributed by atoms with E-state index in [4.69, 9.17) is 0 Å². The van der Waals surface area contributed by atoms with E-state index in [1.54, 1.807) is 6.07 Å². The number of hydrogen-bond acceptors (Lipinski definition) is 3. The van der Waals surface area contributed by atoms with Crippen molar-refractivity contribution < 1.29 is 4.39 Å². The Bertz CT molecular complexity index is 687. The van der Waals surface area contributed by atoms with Crippen molar-refractivity contribution in [1.82, 2.24) is 15.3 Å². The molecule has 1 heterocycles. The lowest BCUT2D eigenvalue weighted by molar-refractivity contribution is 0.421. The number of benzene rings is 1. The summed E-state index contributed by atoms with van der Waals surface area (Å²) in [6.45, 7) is 6.57. The summed E-state index contributed by atoms with van der Waals surface area (Å²) in [5.41, 5.74) is 0.804. The summed E-state index contributed by atoms with van der Waals surface area (Å²) in [4.78, 5) is 18.8. The van der Waals surface area contributed by atoms with E-state index in [0.717, 1.165) is 0 Å². The number of halogens is 2.